The molecule has 0 radical (unpaired) electrons. The monoisotopic (exact) mass is 1450 g/mol. The van der Waals surface area contributed by atoms with Gasteiger partial charge >= 0.3 is 139 Å². The first kappa shape index (κ1) is 97.1. The van der Waals surface area contributed by atoms with Crippen molar-refractivity contribution in [3.63, 3.8) is 0 Å². The molecule has 0 saturated carbocycles. The lowest BCUT2D eigenvalue weighted by Gasteiger charge is -2.29. The average molecular weight is 1450 g/mol. The summed E-state index contributed by atoms with van der Waals surface area (Å²) in [6.45, 7) is -10.4. The van der Waals surface area contributed by atoms with E-state index in [1.54, 1.807) is 0 Å². The van der Waals surface area contributed by atoms with Crippen LogP contribution < -0.4 is 0 Å². The number of halogens is 44. The van der Waals surface area contributed by atoms with Gasteiger partial charge in [-0.05, 0) is 4.53 Å². The maximum Gasteiger partial charge on any atom is 0.476 e. The highest BCUT2D eigenvalue weighted by atomic mass is 32.3. The predicted molar refractivity (Wildman–Crippen MR) is 167 cm³/mol. The quantitative estimate of drug-likeness (QED) is 0.0762. The van der Waals surface area contributed by atoms with Gasteiger partial charge in [-0.3, -0.25) is 0 Å². The van der Waals surface area contributed by atoms with Crippen LogP contribution in [0.25, 0.3) is 0 Å². The summed E-state index contributed by atoms with van der Waals surface area (Å²) in [4.78, 5) is 1.88. The molecule has 0 N–H and O–H groups in total. The van der Waals surface area contributed by atoms with E-state index in [1.807, 2.05) is 4.94 Å². The molecule has 0 aliphatic rings. The second-order valence-electron chi connectivity index (χ2n) is 10.4. The first-order chi connectivity index (χ1) is 35.6. The smallest absolute Gasteiger partial charge is 0.402 e. The molecular weight excluding hydrogens is 1440 g/mol. The van der Waals surface area contributed by atoms with Crippen molar-refractivity contribution >= 4 is 42.4 Å². The van der Waals surface area contributed by atoms with E-state index in [9.17, 15) is 189 Å². The Labute approximate surface area is 425 Å². The fourth-order valence-electron chi connectivity index (χ4n) is 1.54. The molecule has 0 aromatic carbocycles. The lowest BCUT2D eigenvalue weighted by molar-refractivity contribution is -0.394. The zero-order valence-electron chi connectivity index (χ0n) is 35.6. The van der Waals surface area contributed by atoms with E-state index < -0.39 is 178 Å². The molecule has 13 nitrogen and oxygen atoms in total. The van der Waals surface area contributed by atoms with E-state index in [-0.39, 0.29) is 0 Å². The Morgan fingerprint density at radius 2 is 0.578 bits per heavy atom. The zero-order valence-corrected chi connectivity index (χ0v) is 38.9. The van der Waals surface area contributed by atoms with Crippen LogP contribution in [0.1, 0.15) is 6.42 Å². The minimum absolute atomic E-state index is 1.88. The van der Waals surface area contributed by atoms with Gasteiger partial charge in [0.1, 0.15) is 6.42 Å². The predicted octanol–water partition coefficient (Wildman–Crippen LogP) is 15.4. The van der Waals surface area contributed by atoms with Gasteiger partial charge in [0.15, 0.2) is 26.7 Å². The van der Waals surface area contributed by atoms with Crippen LogP contribution >= 0.6 is 0 Å². The molecule has 0 aliphatic heterocycles. The van der Waals surface area contributed by atoms with E-state index in [2.05, 4.69) is 18.9 Å². The van der Waals surface area contributed by atoms with E-state index in [0.717, 1.165) is 0 Å². The van der Waals surface area contributed by atoms with Crippen LogP contribution in [-0.4, -0.2) is 115 Å². The highest BCUT2D eigenvalue weighted by molar-refractivity contribution is 7.81. The van der Waals surface area contributed by atoms with Gasteiger partial charge < -0.3 is 14.2 Å². The van der Waals surface area contributed by atoms with Gasteiger partial charge in [0.05, 0.1) is 0 Å². The Morgan fingerprint density at radius 1 is 0.337 bits per heavy atom. The minimum atomic E-state index is -6.51. The van der Waals surface area contributed by atoms with Crippen LogP contribution in [0.3, 0.4) is 0 Å². The van der Waals surface area contributed by atoms with E-state index >= 15 is 0 Å². The van der Waals surface area contributed by atoms with Gasteiger partial charge in [-0.1, -0.05) is 31.1 Å². The van der Waals surface area contributed by atoms with E-state index in [1.165, 1.54) is 0 Å². The number of hydrogen-bond donors (Lipinski definition) is 0. The van der Waals surface area contributed by atoms with E-state index in [4.69, 9.17) is 33.7 Å². The lowest BCUT2D eigenvalue weighted by atomic mass is 10.2. The van der Waals surface area contributed by atoms with Gasteiger partial charge in [0.2, 0.25) is 0 Å². The normalized spacial score (nSPS) is 12.3. The summed E-state index contributed by atoms with van der Waals surface area (Å²) in [7, 11) is -22.7. The molecule has 0 spiro atoms. The van der Waals surface area contributed by atoms with Crippen molar-refractivity contribution in [2.24, 2.45) is 0 Å². The van der Waals surface area contributed by atoms with Crippen molar-refractivity contribution in [1.29, 1.82) is 0 Å². The third-order valence-corrected chi connectivity index (χ3v) is 3.82. The average Bonchev–Trinajstić information content (AvgIpc) is 3.19. The summed E-state index contributed by atoms with van der Waals surface area (Å²) < 4.78 is 570. The molecule has 0 aromatic rings. The topological polar surface area (TPSA) is 183 Å². The Morgan fingerprint density at radius 3 is 0.759 bits per heavy atom. The number of hydrogen-bond acceptors (Lipinski definition) is 13. The summed E-state index contributed by atoms with van der Waals surface area (Å²) in [5.74, 6) is -15.9. The molecule has 0 unspecified atom stereocenters. The van der Waals surface area contributed by atoms with Crippen molar-refractivity contribution < 1.29 is 247 Å². The molecule has 83 heavy (non-hydrogen) atoms. The van der Waals surface area contributed by atoms with Crippen molar-refractivity contribution in [2.45, 2.75) is 61.1 Å². The summed E-state index contributed by atoms with van der Waals surface area (Å²) in [5.41, 5.74) is 0. The molecule has 0 saturated heterocycles. The van der Waals surface area contributed by atoms with Gasteiger partial charge in [-0.25, -0.2) is 22.3 Å². The fourth-order valence-corrected chi connectivity index (χ4v) is 1.54. The molecule has 0 heterocycles. The Kier molecular flexibility index (Phi) is 45.5. The third-order valence-electron chi connectivity index (χ3n) is 3.82. The first-order valence-corrected chi connectivity index (χ1v) is 20.5. The molecule has 0 aliphatic carbocycles. The van der Waals surface area contributed by atoms with Gasteiger partial charge in [-0.2, -0.15) is 170 Å². The molecule has 0 fully saturated rings. The van der Waals surface area contributed by atoms with Crippen LogP contribution in [0, 0.1) is 0 Å². The molecule has 0 bridgehead atoms. The first-order valence-electron chi connectivity index (χ1n) is 15.4. The summed E-state index contributed by atoms with van der Waals surface area (Å²) >= 11 is 0. The second kappa shape index (κ2) is 38.8. The van der Waals surface area contributed by atoms with Crippen LogP contribution in [0.4, 0.5) is 189 Å². The largest absolute Gasteiger partial charge is 0.476 e. The minimum Gasteiger partial charge on any atom is -0.402 e. The third kappa shape index (κ3) is 73.1. The van der Waals surface area contributed by atoms with Crippen molar-refractivity contribution in [2.75, 3.05) is 26.7 Å². The number of ether oxygens (including phenoxy) is 4. The summed E-state index contributed by atoms with van der Waals surface area (Å²) in [5, 5.41) is 0. The molecular formula is C22H10F44O13S4. The summed E-state index contributed by atoms with van der Waals surface area (Å²) in [6, 6.07) is -9.27. The maximum absolute atomic E-state index is 12.3. The zero-order chi connectivity index (χ0) is 70.2. The van der Waals surface area contributed by atoms with Crippen LogP contribution in [0.15, 0.2) is 48.2 Å². The maximum atomic E-state index is 12.3. The Bertz CT molecular complexity index is 2270. The molecule has 0 amide bonds. The highest BCUT2D eigenvalue weighted by Crippen LogP contribution is 2.48. The number of alkyl halides is 23. The highest BCUT2D eigenvalue weighted by Gasteiger charge is 2.74. The molecule has 508 valence electrons. The number of rotatable bonds is 17. The van der Waals surface area contributed by atoms with Crippen molar-refractivity contribution in [3.05, 3.63) is 48.2 Å². The van der Waals surface area contributed by atoms with Gasteiger partial charge in [-0.15, -0.1) is 4.94 Å². The van der Waals surface area contributed by atoms with Crippen LogP contribution in [0.2, 0.25) is 0 Å². The molecule has 0 aromatic heterocycles. The molecule has 0 rings (SSSR count). The lowest BCUT2D eigenvalue weighted by Crippen LogP contribution is -2.56. The Hall–Kier alpha value is -5.00. The van der Waals surface area contributed by atoms with Crippen molar-refractivity contribution in [3.8, 4) is 0 Å². The van der Waals surface area contributed by atoms with E-state index in [0.29, 0.717) is 0 Å². The molecule has 0 atom stereocenters. The standard InChI is InChI=1S/C6H2F10O.2C5H2F8O.C4H2F6O.C2H2F4O.4F2O2S/c7-1-4(11,12)5(13,14)6(15,16)17-3(10)2(8)9;6-1-4(10,11)14-5(12,13)2(7)3(8)9;6-2(7)3(8)14-5(12,13)1-4(9,10)11;5-1-4(9,10)11-3(8)2(6)7;3-1-2(4,5)7-6;4*1-5(2,3)4/h1H2;2*1H2;1H2;1H2;;;;. The van der Waals surface area contributed by atoms with Crippen LogP contribution in [-0.2, 0) is 66.3 Å². The molecule has 61 heteroatoms. The van der Waals surface area contributed by atoms with Gasteiger partial charge in [0, 0.05) is 0 Å². The second-order valence-corrected chi connectivity index (χ2v) is 13.4. The Balaban J connectivity index is -0.000000110. The fraction of sp³-hybridized carbons (Fsp3) is 0.636. The van der Waals surface area contributed by atoms with Crippen molar-refractivity contribution in [1.82, 2.24) is 0 Å². The SMILES string of the molecule is FC(F)=C(F)OC(F)(F)CC(F)(F)F.FCC(F)(F)C(F)(F)C(F)(F)OC(F)=C(F)F.FCC(F)(F)OC(F)(F)C(F)=C(F)F.FCC(F)(F)OC(F)=C(F)F.FCC(F)(F)OF.O=S(=O)(F)F.O=S(=O)(F)F.O=S(=O)(F)F.O=S(=O)(F)F. The van der Waals surface area contributed by atoms with Crippen LogP contribution in [0.5, 0.6) is 0 Å². The summed E-state index contributed by atoms with van der Waals surface area (Å²) in [6.07, 6.45) is -52.4. The van der Waals surface area contributed by atoms with Gasteiger partial charge in [0.25, 0.3) is 5.83 Å².